The van der Waals surface area contributed by atoms with Gasteiger partial charge in [0, 0.05) is 23.8 Å². The Labute approximate surface area is 155 Å². The molecule has 0 aliphatic rings. The summed E-state index contributed by atoms with van der Waals surface area (Å²) in [5, 5.41) is 4.04. The Hall–Kier alpha value is -1.70. The highest BCUT2D eigenvalue weighted by Gasteiger charge is 2.30. The molecular weight excluding hydrogens is 413 g/mol. The van der Waals surface area contributed by atoms with E-state index >= 15 is 0 Å². The standard InChI is InChI=1S/C18H14BrF3N2S/c19-15-6-4-13(5-7-15)16-10-24-17(25-16)11-23-9-12-2-1-3-14(8-12)18(20,21)22/h1-8,10,23H,9,11H2. The highest BCUT2D eigenvalue weighted by Crippen LogP contribution is 2.30. The summed E-state index contributed by atoms with van der Waals surface area (Å²) in [5.41, 5.74) is 1.06. The minimum absolute atomic E-state index is 0.358. The minimum atomic E-state index is -4.31. The van der Waals surface area contributed by atoms with Crippen LogP contribution < -0.4 is 5.32 Å². The van der Waals surface area contributed by atoms with E-state index in [0.29, 0.717) is 18.7 Å². The predicted molar refractivity (Wildman–Crippen MR) is 97.2 cm³/mol. The van der Waals surface area contributed by atoms with E-state index in [-0.39, 0.29) is 0 Å². The number of hydrogen-bond donors (Lipinski definition) is 1. The second kappa shape index (κ2) is 7.68. The van der Waals surface area contributed by atoms with Crippen molar-refractivity contribution in [1.29, 1.82) is 0 Å². The lowest BCUT2D eigenvalue weighted by Gasteiger charge is -2.09. The lowest BCUT2D eigenvalue weighted by atomic mass is 10.1. The van der Waals surface area contributed by atoms with Gasteiger partial charge in [0.15, 0.2) is 0 Å². The molecule has 2 aromatic carbocycles. The Balaban J connectivity index is 1.59. The fraction of sp³-hybridized carbons (Fsp3) is 0.167. The van der Waals surface area contributed by atoms with Gasteiger partial charge in [-0.3, -0.25) is 0 Å². The van der Waals surface area contributed by atoms with E-state index in [1.807, 2.05) is 30.5 Å². The van der Waals surface area contributed by atoms with Crippen molar-refractivity contribution in [1.82, 2.24) is 10.3 Å². The molecule has 0 saturated heterocycles. The molecule has 3 rings (SSSR count). The number of aromatic nitrogens is 1. The lowest BCUT2D eigenvalue weighted by Crippen LogP contribution is -2.13. The molecular formula is C18H14BrF3N2S. The first-order valence-corrected chi connectivity index (χ1v) is 9.10. The maximum atomic E-state index is 12.7. The van der Waals surface area contributed by atoms with Crippen LogP contribution in [0, 0.1) is 0 Å². The van der Waals surface area contributed by atoms with Crippen molar-refractivity contribution in [2.24, 2.45) is 0 Å². The molecule has 0 spiro atoms. The van der Waals surface area contributed by atoms with Crippen molar-refractivity contribution in [2.75, 3.05) is 0 Å². The average Bonchev–Trinajstić information content (AvgIpc) is 3.04. The molecule has 0 fully saturated rings. The molecule has 0 bridgehead atoms. The van der Waals surface area contributed by atoms with E-state index < -0.39 is 11.7 Å². The van der Waals surface area contributed by atoms with Gasteiger partial charge in [-0.05, 0) is 29.3 Å². The highest BCUT2D eigenvalue weighted by molar-refractivity contribution is 9.10. The molecule has 0 saturated carbocycles. The van der Waals surface area contributed by atoms with Crippen molar-refractivity contribution in [3.63, 3.8) is 0 Å². The van der Waals surface area contributed by atoms with Crippen molar-refractivity contribution in [2.45, 2.75) is 19.3 Å². The van der Waals surface area contributed by atoms with Crippen LogP contribution in [-0.4, -0.2) is 4.98 Å². The van der Waals surface area contributed by atoms with Gasteiger partial charge in [-0.25, -0.2) is 4.98 Å². The van der Waals surface area contributed by atoms with Gasteiger partial charge in [0.25, 0.3) is 0 Å². The lowest BCUT2D eigenvalue weighted by molar-refractivity contribution is -0.137. The van der Waals surface area contributed by atoms with Crippen molar-refractivity contribution < 1.29 is 13.2 Å². The van der Waals surface area contributed by atoms with Crippen LogP contribution in [0.15, 0.2) is 59.2 Å². The largest absolute Gasteiger partial charge is 0.416 e. The van der Waals surface area contributed by atoms with Crippen LogP contribution in [0.25, 0.3) is 10.4 Å². The summed E-state index contributed by atoms with van der Waals surface area (Å²) in [6.45, 7) is 0.870. The summed E-state index contributed by atoms with van der Waals surface area (Å²) < 4.78 is 39.2. The fourth-order valence-corrected chi connectivity index (χ4v) is 3.47. The quantitative estimate of drug-likeness (QED) is 0.550. The van der Waals surface area contributed by atoms with E-state index in [1.54, 1.807) is 17.4 Å². The maximum Gasteiger partial charge on any atom is 0.416 e. The van der Waals surface area contributed by atoms with Crippen LogP contribution in [0.2, 0.25) is 0 Å². The van der Waals surface area contributed by atoms with Gasteiger partial charge in [-0.2, -0.15) is 13.2 Å². The second-order valence-corrected chi connectivity index (χ2v) is 7.46. The molecule has 25 heavy (non-hydrogen) atoms. The Morgan fingerprint density at radius 3 is 2.52 bits per heavy atom. The summed E-state index contributed by atoms with van der Waals surface area (Å²) in [6, 6.07) is 13.3. The molecule has 1 aromatic heterocycles. The van der Waals surface area contributed by atoms with E-state index in [9.17, 15) is 13.2 Å². The zero-order valence-electron chi connectivity index (χ0n) is 13.0. The van der Waals surface area contributed by atoms with Gasteiger partial charge in [0.1, 0.15) is 5.01 Å². The topological polar surface area (TPSA) is 24.9 Å². The number of halogens is 4. The van der Waals surface area contributed by atoms with Crippen molar-refractivity contribution in [3.8, 4) is 10.4 Å². The molecule has 1 heterocycles. The number of rotatable bonds is 5. The first-order valence-electron chi connectivity index (χ1n) is 7.49. The van der Waals surface area contributed by atoms with Crippen LogP contribution in [-0.2, 0) is 19.3 Å². The van der Waals surface area contributed by atoms with Crippen LogP contribution in [0.4, 0.5) is 13.2 Å². The number of alkyl halides is 3. The Morgan fingerprint density at radius 1 is 1.04 bits per heavy atom. The molecule has 0 atom stereocenters. The summed E-state index contributed by atoms with van der Waals surface area (Å²) in [4.78, 5) is 5.43. The molecule has 3 aromatic rings. The minimum Gasteiger partial charge on any atom is -0.306 e. The number of benzene rings is 2. The third kappa shape index (κ3) is 4.90. The maximum absolute atomic E-state index is 12.7. The first-order chi connectivity index (χ1) is 11.9. The summed E-state index contributed by atoms with van der Waals surface area (Å²) in [6.07, 6.45) is -2.50. The number of nitrogens with one attached hydrogen (secondary N) is 1. The predicted octanol–water partition coefficient (Wildman–Crippen LogP) is 5.88. The van der Waals surface area contributed by atoms with Crippen molar-refractivity contribution in [3.05, 3.63) is 75.3 Å². The molecule has 0 aliphatic heterocycles. The smallest absolute Gasteiger partial charge is 0.306 e. The summed E-state index contributed by atoms with van der Waals surface area (Å²) in [7, 11) is 0. The molecule has 130 valence electrons. The Bertz CT molecular complexity index is 844. The second-order valence-electron chi connectivity index (χ2n) is 5.43. The van der Waals surface area contributed by atoms with Crippen LogP contribution in [0.3, 0.4) is 0 Å². The normalized spacial score (nSPS) is 11.7. The fourth-order valence-electron chi connectivity index (χ4n) is 2.31. The Morgan fingerprint density at radius 2 is 1.80 bits per heavy atom. The molecule has 7 heteroatoms. The van der Waals surface area contributed by atoms with Crippen molar-refractivity contribution >= 4 is 27.3 Å². The zero-order valence-corrected chi connectivity index (χ0v) is 15.4. The third-order valence-corrected chi connectivity index (χ3v) is 5.12. The van der Waals surface area contributed by atoms with E-state index in [2.05, 4.69) is 26.2 Å². The molecule has 0 amide bonds. The van der Waals surface area contributed by atoms with E-state index in [0.717, 1.165) is 26.0 Å². The van der Waals surface area contributed by atoms with Crippen LogP contribution in [0.1, 0.15) is 16.1 Å². The molecule has 2 nitrogen and oxygen atoms in total. The number of nitrogens with zero attached hydrogens (tertiary/aromatic N) is 1. The first kappa shape index (κ1) is 18.1. The SMILES string of the molecule is FC(F)(F)c1cccc(CNCc2ncc(-c3ccc(Br)cc3)s2)c1. The number of thiazole rings is 1. The zero-order chi connectivity index (χ0) is 17.9. The van der Waals surface area contributed by atoms with Crippen LogP contribution in [0.5, 0.6) is 0 Å². The van der Waals surface area contributed by atoms with E-state index in [4.69, 9.17) is 0 Å². The summed E-state index contributed by atoms with van der Waals surface area (Å²) in [5.74, 6) is 0. The van der Waals surface area contributed by atoms with Gasteiger partial charge in [0.2, 0.25) is 0 Å². The average molecular weight is 427 g/mol. The third-order valence-electron chi connectivity index (χ3n) is 3.54. The molecule has 0 radical (unpaired) electrons. The van der Waals surface area contributed by atoms with E-state index in [1.165, 1.54) is 12.1 Å². The van der Waals surface area contributed by atoms with Gasteiger partial charge < -0.3 is 5.32 Å². The molecule has 0 aliphatic carbocycles. The highest BCUT2D eigenvalue weighted by atomic mass is 79.9. The van der Waals surface area contributed by atoms with Gasteiger partial charge in [-0.15, -0.1) is 11.3 Å². The summed E-state index contributed by atoms with van der Waals surface area (Å²) >= 11 is 4.97. The van der Waals surface area contributed by atoms with Crippen LogP contribution >= 0.6 is 27.3 Å². The molecule has 1 N–H and O–H groups in total. The van der Waals surface area contributed by atoms with Gasteiger partial charge in [0.05, 0.1) is 10.4 Å². The monoisotopic (exact) mass is 426 g/mol. The number of hydrogen-bond acceptors (Lipinski definition) is 3. The molecule has 0 unspecified atom stereocenters. The van der Waals surface area contributed by atoms with Gasteiger partial charge >= 0.3 is 6.18 Å². The Kier molecular flexibility index (Phi) is 5.56. The van der Waals surface area contributed by atoms with Gasteiger partial charge in [-0.1, -0.05) is 46.3 Å².